The van der Waals surface area contributed by atoms with Crippen LogP contribution >= 0.6 is 23.2 Å². The molecule has 2 aromatic carbocycles. The molecule has 0 saturated heterocycles. The normalized spacial score (nSPS) is 11.3. The summed E-state index contributed by atoms with van der Waals surface area (Å²) in [6.45, 7) is 2.06. The average molecular weight is 335 g/mol. The van der Waals surface area contributed by atoms with Crippen LogP contribution in [0.5, 0.6) is 0 Å². The summed E-state index contributed by atoms with van der Waals surface area (Å²) in [5.74, 6) is -0.287. The molecule has 3 nitrogen and oxygen atoms in total. The predicted octanol–water partition coefficient (Wildman–Crippen LogP) is 4.93. The van der Waals surface area contributed by atoms with Gasteiger partial charge in [-0.15, -0.1) is 0 Å². The highest BCUT2D eigenvalue weighted by Gasteiger charge is 2.07. The van der Waals surface area contributed by atoms with Crippen LogP contribution in [0.15, 0.2) is 53.6 Å². The maximum atomic E-state index is 12.1. The monoisotopic (exact) mass is 334 g/mol. The van der Waals surface area contributed by atoms with E-state index in [1.165, 1.54) is 0 Å². The van der Waals surface area contributed by atoms with Crippen molar-refractivity contribution >= 4 is 34.8 Å². The van der Waals surface area contributed by atoms with E-state index in [1.807, 2.05) is 12.1 Å². The van der Waals surface area contributed by atoms with Gasteiger partial charge in [-0.1, -0.05) is 54.7 Å². The van der Waals surface area contributed by atoms with Gasteiger partial charge in [-0.25, -0.2) is 5.43 Å². The topological polar surface area (TPSA) is 41.5 Å². The van der Waals surface area contributed by atoms with Crippen molar-refractivity contribution in [2.45, 2.75) is 19.8 Å². The Morgan fingerprint density at radius 2 is 1.77 bits per heavy atom. The second-order valence-corrected chi connectivity index (χ2v) is 5.64. The number of amides is 1. The molecular formula is C17H16Cl2N2O. The van der Waals surface area contributed by atoms with E-state index in [2.05, 4.69) is 17.5 Å². The number of hydrazone groups is 1. The van der Waals surface area contributed by atoms with Gasteiger partial charge in [0.1, 0.15) is 0 Å². The molecule has 0 atom stereocenters. The van der Waals surface area contributed by atoms with Gasteiger partial charge in [0.2, 0.25) is 0 Å². The molecule has 0 aliphatic carbocycles. The number of nitrogens with one attached hydrogen (secondary N) is 1. The van der Waals surface area contributed by atoms with Gasteiger partial charge in [0.05, 0.1) is 5.71 Å². The first-order chi connectivity index (χ1) is 10.6. The highest BCUT2D eigenvalue weighted by atomic mass is 35.5. The Morgan fingerprint density at radius 1 is 1.05 bits per heavy atom. The molecule has 0 aromatic heterocycles. The summed E-state index contributed by atoms with van der Waals surface area (Å²) in [5.41, 5.74) is 4.81. The maximum Gasteiger partial charge on any atom is 0.271 e. The molecule has 1 amide bonds. The zero-order valence-corrected chi connectivity index (χ0v) is 13.7. The molecule has 2 rings (SSSR count). The third-order valence-corrected chi connectivity index (χ3v) is 3.53. The largest absolute Gasteiger partial charge is 0.271 e. The maximum absolute atomic E-state index is 12.1. The lowest BCUT2D eigenvalue weighted by Gasteiger charge is -2.07. The first-order valence-electron chi connectivity index (χ1n) is 6.98. The number of halogens is 2. The smallest absolute Gasteiger partial charge is 0.267 e. The van der Waals surface area contributed by atoms with E-state index in [1.54, 1.807) is 36.4 Å². The lowest BCUT2D eigenvalue weighted by Crippen LogP contribution is -2.20. The fourth-order valence-corrected chi connectivity index (χ4v) is 2.27. The standard InChI is InChI=1S/C17H16Cl2N2O/c1-2-4-16(12-7-9-14(18)10-8-12)20-21-17(22)13-5-3-6-15(19)11-13/h3,5-11H,2,4H2,1H3,(H,21,22). The first kappa shape index (κ1) is 16.5. The van der Waals surface area contributed by atoms with Gasteiger partial charge in [0.15, 0.2) is 0 Å². The van der Waals surface area contributed by atoms with Crippen LogP contribution in [0.4, 0.5) is 0 Å². The minimum Gasteiger partial charge on any atom is -0.267 e. The molecule has 0 aliphatic heterocycles. The Labute approximate surface area is 139 Å². The van der Waals surface area contributed by atoms with E-state index < -0.39 is 0 Å². The highest BCUT2D eigenvalue weighted by molar-refractivity contribution is 6.31. The number of hydrogen-bond acceptors (Lipinski definition) is 2. The van der Waals surface area contributed by atoms with E-state index in [0.29, 0.717) is 15.6 Å². The summed E-state index contributed by atoms with van der Waals surface area (Å²) in [7, 11) is 0. The van der Waals surface area contributed by atoms with Crippen molar-refractivity contribution in [3.8, 4) is 0 Å². The van der Waals surface area contributed by atoms with Gasteiger partial charge >= 0.3 is 0 Å². The zero-order valence-electron chi connectivity index (χ0n) is 12.1. The van der Waals surface area contributed by atoms with Crippen molar-refractivity contribution in [2.75, 3.05) is 0 Å². The van der Waals surface area contributed by atoms with Crippen LogP contribution < -0.4 is 5.43 Å². The molecule has 0 heterocycles. The summed E-state index contributed by atoms with van der Waals surface area (Å²) in [6.07, 6.45) is 1.69. The second-order valence-electron chi connectivity index (χ2n) is 4.77. The van der Waals surface area contributed by atoms with E-state index in [0.717, 1.165) is 24.1 Å². The van der Waals surface area contributed by atoms with Crippen molar-refractivity contribution < 1.29 is 4.79 Å². The van der Waals surface area contributed by atoms with Gasteiger partial charge < -0.3 is 0 Å². The van der Waals surface area contributed by atoms with E-state index in [9.17, 15) is 4.79 Å². The molecule has 22 heavy (non-hydrogen) atoms. The number of hydrogen-bond donors (Lipinski definition) is 1. The summed E-state index contributed by atoms with van der Waals surface area (Å²) in [6, 6.07) is 14.1. The van der Waals surface area contributed by atoms with E-state index in [-0.39, 0.29) is 5.91 Å². The number of benzene rings is 2. The Hall–Kier alpha value is -1.84. The van der Waals surface area contributed by atoms with Crippen LogP contribution in [-0.2, 0) is 0 Å². The van der Waals surface area contributed by atoms with Crippen molar-refractivity contribution in [3.05, 3.63) is 69.7 Å². The number of carbonyl (C=O) groups is 1. The minimum absolute atomic E-state index is 0.287. The van der Waals surface area contributed by atoms with Crippen LogP contribution in [0, 0.1) is 0 Å². The molecule has 114 valence electrons. The molecule has 0 radical (unpaired) electrons. The van der Waals surface area contributed by atoms with Gasteiger partial charge in [0.25, 0.3) is 5.91 Å². The summed E-state index contributed by atoms with van der Waals surface area (Å²) in [4.78, 5) is 12.1. The van der Waals surface area contributed by atoms with Crippen molar-refractivity contribution in [1.82, 2.24) is 5.43 Å². The minimum atomic E-state index is -0.287. The van der Waals surface area contributed by atoms with Crippen molar-refractivity contribution in [1.29, 1.82) is 0 Å². The molecule has 0 saturated carbocycles. The van der Waals surface area contributed by atoms with E-state index >= 15 is 0 Å². The Morgan fingerprint density at radius 3 is 2.41 bits per heavy atom. The number of nitrogens with zero attached hydrogens (tertiary/aromatic N) is 1. The van der Waals surface area contributed by atoms with Crippen LogP contribution in [0.1, 0.15) is 35.7 Å². The molecule has 0 spiro atoms. The van der Waals surface area contributed by atoms with Crippen LogP contribution in [0.25, 0.3) is 0 Å². The summed E-state index contributed by atoms with van der Waals surface area (Å²) in [5, 5.41) is 5.44. The van der Waals surface area contributed by atoms with Crippen molar-refractivity contribution in [3.63, 3.8) is 0 Å². The lowest BCUT2D eigenvalue weighted by atomic mass is 10.1. The number of rotatable bonds is 5. The molecular weight excluding hydrogens is 319 g/mol. The third kappa shape index (κ3) is 4.58. The Kier molecular flexibility index (Phi) is 5.99. The fourth-order valence-electron chi connectivity index (χ4n) is 1.96. The third-order valence-electron chi connectivity index (χ3n) is 3.04. The molecule has 1 N–H and O–H groups in total. The van der Waals surface area contributed by atoms with E-state index in [4.69, 9.17) is 23.2 Å². The van der Waals surface area contributed by atoms with Crippen LogP contribution in [0.2, 0.25) is 10.0 Å². The quantitative estimate of drug-likeness (QED) is 0.611. The molecule has 0 bridgehead atoms. The van der Waals surface area contributed by atoms with Crippen LogP contribution in [-0.4, -0.2) is 11.6 Å². The van der Waals surface area contributed by atoms with Gasteiger partial charge in [-0.05, 0) is 42.3 Å². The Bertz CT molecular complexity index is 681. The molecule has 5 heteroatoms. The molecule has 0 fully saturated rings. The first-order valence-corrected chi connectivity index (χ1v) is 7.74. The summed E-state index contributed by atoms with van der Waals surface area (Å²) < 4.78 is 0. The molecule has 2 aromatic rings. The van der Waals surface area contributed by atoms with Crippen molar-refractivity contribution in [2.24, 2.45) is 5.10 Å². The molecule has 0 unspecified atom stereocenters. The second kappa shape index (κ2) is 7.97. The predicted molar refractivity (Wildman–Crippen MR) is 91.8 cm³/mol. The zero-order chi connectivity index (χ0) is 15.9. The lowest BCUT2D eigenvalue weighted by molar-refractivity contribution is 0.0955. The number of carbonyl (C=O) groups excluding carboxylic acids is 1. The van der Waals surface area contributed by atoms with Gasteiger partial charge in [0, 0.05) is 15.6 Å². The summed E-state index contributed by atoms with van der Waals surface area (Å²) >= 11 is 11.8. The average Bonchev–Trinajstić information content (AvgIpc) is 2.52. The molecule has 0 aliphatic rings. The Balaban J connectivity index is 2.16. The van der Waals surface area contributed by atoms with Gasteiger partial charge in [-0.2, -0.15) is 5.10 Å². The highest BCUT2D eigenvalue weighted by Crippen LogP contribution is 2.13. The van der Waals surface area contributed by atoms with Crippen LogP contribution in [0.3, 0.4) is 0 Å². The fraction of sp³-hybridized carbons (Fsp3) is 0.176. The van der Waals surface area contributed by atoms with Gasteiger partial charge in [-0.3, -0.25) is 4.79 Å². The SMILES string of the molecule is CCCC(=NNC(=O)c1cccc(Cl)c1)c1ccc(Cl)cc1.